The summed E-state index contributed by atoms with van der Waals surface area (Å²) in [6.07, 6.45) is 0.948. The van der Waals surface area contributed by atoms with Gasteiger partial charge in [0.25, 0.3) is 5.91 Å². The van der Waals surface area contributed by atoms with E-state index in [9.17, 15) is 4.79 Å². The minimum atomic E-state index is -0.224. The van der Waals surface area contributed by atoms with E-state index < -0.39 is 0 Å². The van der Waals surface area contributed by atoms with Gasteiger partial charge in [0, 0.05) is 39.1 Å². The number of carbonyl (C=O) groups is 1. The second kappa shape index (κ2) is 8.52. The zero-order valence-corrected chi connectivity index (χ0v) is 19.9. The van der Waals surface area contributed by atoms with Crippen molar-refractivity contribution in [3.8, 4) is 10.6 Å². The number of aromatic nitrogens is 1. The third kappa shape index (κ3) is 4.11. The van der Waals surface area contributed by atoms with Gasteiger partial charge in [0.1, 0.15) is 10.0 Å². The number of halogens is 2. The van der Waals surface area contributed by atoms with Gasteiger partial charge in [-0.15, -0.1) is 22.7 Å². The Morgan fingerprint density at radius 3 is 2.68 bits per heavy atom. The molecule has 0 unspecified atom stereocenters. The van der Waals surface area contributed by atoms with Gasteiger partial charge in [-0.3, -0.25) is 9.69 Å². The predicted octanol–water partition coefficient (Wildman–Crippen LogP) is 6.96. The lowest BCUT2D eigenvalue weighted by molar-refractivity contribution is 0.102. The first-order valence-electron chi connectivity index (χ1n) is 10.0. The van der Waals surface area contributed by atoms with Crippen LogP contribution in [0.4, 0.5) is 5.00 Å². The molecule has 0 fully saturated rings. The van der Waals surface area contributed by atoms with E-state index in [4.69, 9.17) is 28.2 Å². The molecule has 4 aromatic rings. The lowest BCUT2D eigenvalue weighted by Gasteiger charge is -2.25. The highest BCUT2D eigenvalue weighted by Crippen LogP contribution is 2.45. The Balaban J connectivity index is 1.59. The molecule has 4 nitrogen and oxygen atoms in total. The normalized spacial score (nSPS) is 14.0. The Labute approximate surface area is 198 Å². The first-order chi connectivity index (χ1) is 15.0. The fraction of sp³-hybridized carbons (Fsp3) is 0.217. The Bertz CT molecular complexity index is 1240. The molecule has 3 heterocycles. The molecular weight excluding hydrogens is 469 g/mol. The molecule has 1 aliphatic heterocycles. The Morgan fingerprint density at radius 2 is 1.94 bits per heavy atom. The van der Waals surface area contributed by atoms with E-state index in [0.717, 1.165) is 51.8 Å². The molecule has 0 aliphatic carbocycles. The van der Waals surface area contributed by atoms with Crippen molar-refractivity contribution in [1.29, 1.82) is 0 Å². The Hall–Kier alpha value is -1.96. The van der Waals surface area contributed by atoms with Crippen molar-refractivity contribution in [3.05, 3.63) is 68.5 Å². The van der Waals surface area contributed by atoms with Gasteiger partial charge in [0.05, 0.1) is 10.2 Å². The van der Waals surface area contributed by atoms with Crippen molar-refractivity contribution >= 4 is 67.0 Å². The quantitative estimate of drug-likeness (QED) is 0.338. The van der Waals surface area contributed by atoms with Crippen LogP contribution < -0.4 is 5.32 Å². The highest BCUT2D eigenvalue weighted by molar-refractivity contribution is 7.23. The van der Waals surface area contributed by atoms with Gasteiger partial charge < -0.3 is 5.32 Å². The number of amides is 1. The number of hydrogen-bond donors (Lipinski definition) is 1. The number of benzene rings is 2. The average molecular weight is 488 g/mol. The van der Waals surface area contributed by atoms with Crippen molar-refractivity contribution in [2.24, 2.45) is 0 Å². The van der Waals surface area contributed by atoms with Gasteiger partial charge in [-0.1, -0.05) is 42.3 Å². The fourth-order valence-corrected chi connectivity index (χ4v) is 6.80. The summed E-state index contributed by atoms with van der Waals surface area (Å²) >= 11 is 15.5. The number of anilines is 1. The molecule has 0 saturated carbocycles. The number of thiazole rings is 1. The SMILES string of the molecule is CCN1CCc2c(sc(NC(=O)c3cc(Cl)cc(Cl)c3)c2-c2nc3ccccc3s2)C1. The topological polar surface area (TPSA) is 45.2 Å². The molecule has 1 amide bonds. The highest BCUT2D eigenvalue weighted by Gasteiger charge is 2.27. The van der Waals surface area contributed by atoms with Gasteiger partial charge >= 0.3 is 0 Å². The van der Waals surface area contributed by atoms with Crippen molar-refractivity contribution in [2.45, 2.75) is 19.9 Å². The number of fused-ring (bicyclic) bond motifs is 2. The molecule has 1 aliphatic rings. The standard InChI is InChI=1S/C23H19Cl2N3OS2/c1-2-28-8-7-16-19(12-28)31-23(27-21(29)13-9-14(24)11-15(25)10-13)20(16)22-26-17-5-3-4-6-18(17)30-22/h3-6,9-11H,2,7-8,12H2,1H3,(H,27,29). The van der Waals surface area contributed by atoms with E-state index >= 15 is 0 Å². The van der Waals surface area contributed by atoms with Crippen LogP contribution in [-0.4, -0.2) is 28.9 Å². The number of carbonyl (C=O) groups excluding carboxylic acids is 1. The molecule has 158 valence electrons. The number of rotatable bonds is 4. The smallest absolute Gasteiger partial charge is 0.256 e. The number of thiophene rings is 1. The maximum absolute atomic E-state index is 13.1. The summed E-state index contributed by atoms with van der Waals surface area (Å²) in [5.41, 5.74) is 3.77. The van der Waals surface area contributed by atoms with Crippen molar-refractivity contribution in [1.82, 2.24) is 9.88 Å². The summed E-state index contributed by atoms with van der Waals surface area (Å²) in [5, 5.41) is 5.78. The van der Waals surface area contributed by atoms with Gasteiger partial charge in [0.2, 0.25) is 0 Å². The third-order valence-corrected chi connectivity index (χ3v) is 8.07. The van der Waals surface area contributed by atoms with E-state index in [1.54, 1.807) is 40.9 Å². The molecule has 1 N–H and O–H groups in total. The van der Waals surface area contributed by atoms with Gasteiger partial charge in [0.15, 0.2) is 0 Å². The summed E-state index contributed by atoms with van der Waals surface area (Å²) in [5.74, 6) is -0.224. The van der Waals surface area contributed by atoms with Crippen LogP contribution >= 0.6 is 45.9 Å². The zero-order valence-electron chi connectivity index (χ0n) is 16.7. The second-order valence-electron chi connectivity index (χ2n) is 7.43. The van der Waals surface area contributed by atoms with Crippen molar-refractivity contribution in [3.63, 3.8) is 0 Å². The monoisotopic (exact) mass is 487 g/mol. The first-order valence-corrected chi connectivity index (χ1v) is 12.4. The minimum Gasteiger partial charge on any atom is -0.313 e. The summed E-state index contributed by atoms with van der Waals surface area (Å²) in [4.78, 5) is 21.7. The van der Waals surface area contributed by atoms with Crippen molar-refractivity contribution in [2.75, 3.05) is 18.4 Å². The molecule has 2 aromatic heterocycles. The molecule has 0 atom stereocenters. The molecule has 0 bridgehead atoms. The predicted molar refractivity (Wildman–Crippen MR) is 132 cm³/mol. The van der Waals surface area contributed by atoms with Gasteiger partial charge in [-0.25, -0.2) is 4.98 Å². The number of nitrogens with zero attached hydrogens (tertiary/aromatic N) is 2. The largest absolute Gasteiger partial charge is 0.313 e. The number of nitrogens with one attached hydrogen (secondary N) is 1. The Kier molecular flexibility index (Phi) is 5.75. The van der Waals surface area contributed by atoms with Crippen LogP contribution in [0.3, 0.4) is 0 Å². The lowest BCUT2D eigenvalue weighted by Crippen LogP contribution is -2.29. The summed E-state index contributed by atoms with van der Waals surface area (Å²) in [6, 6.07) is 13.0. The summed E-state index contributed by atoms with van der Waals surface area (Å²) in [6.45, 7) is 5.10. The van der Waals surface area contributed by atoms with E-state index in [-0.39, 0.29) is 5.91 Å². The molecule has 31 heavy (non-hydrogen) atoms. The lowest BCUT2D eigenvalue weighted by atomic mass is 10.0. The molecule has 0 saturated heterocycles. The Morgan fingerprint density at radius 1 is 1.16 bits per heavy atom. The van der Waals surface area contributed by atoms with Crippen LogP contribution in [0.25, 0.3) is 20.8 Å². The second-order valence-corrected chi connectivity index (χ2v) is 10.4. The van der Waals surface area contributed by atoms with Gasteiger partial charge in [-0.05, 0) is 48.9 Å². The number of hydrogen-bond acceptors (Lipinski definition) is 5. The summed E-state index contributed by atoms with van der Waals surface area (Å²) in [7, 11) is 0. The zero-order chi connectivity index (χ0) is 21.5. The first kappa shape index (κ1) is 20.9. The molecular formula is C23H19Cl2N3OS2. The van der Waals surface area contributed by atoms with E-state index in [2.05, 4.69) is 23.2 Å². The number of likely N-dealkylation sites (N-methyl/N-ethyl adjacent to an activating group) is 1. The maximum Gasteiger partial charge on any atom is 0.256 e. The maximum atomic E-state index is 13.1. The molecule has 8 heteroatoms. The highest BCUT2D eigenvalue weighted by atomic mass is 35.5. The number of para-hydroxylation sites is 1. The van der Waals surface area contributed by atoms with Crippen molar-refractivity contribution < 1.29 is 4.79 Å². The minimum absolute atomic E-state index is 0.224. The van der Waals surface area contributed by atoms with Crippen LogP contribution in [0, 0.1) is 0 Å². The van der Waals surface area contributed by atoms with E-state index in [0.29, 0.717) is 15.6 Å². The molecule has 2 aromatic carbocycles. The molecule has 0 radical (unpaired) electrons. The van der Waals surface area contributed by atoms with Crippen LogP contribution in [0.2, 0.25) is 10.0 Å². The average Bonchev–Trinajstić information content (AvgIpc) is 3.32. The van der Waals surface area contributed by atoms with Crippen LogP contribution in [0.1, 0.15) is 27.7 Å². The van der Waals surface area contributed by atoms with Crippen LogP contribution in [-0.2, 0) is 13.0 Å². The van der Waals surface area contributed by atoms with Gasteiger partial charge in [-0.2, -0.15) is 0 Å². The molecule has 0 spiro atoms. The summed E-state index contributed by atoms with van der Waals surface area (Å²) < 4.78 is 1.14. The third-order valence-electron chi connectivity index (χ3n) is 5.44. The van der Waals surface area contributed by atoms with E-state index in [1.165, 1.54) is 10.4 Å². The van der Waals surface area contributed by atoms with Crippen LogP contribution in [0.15, 0.2) is 42.5 Å². The van der Waals surface area contributed by atoms with E-state index in [1.807, 2.05) is 18.2 Å². The molecule has 5 rings (SSSR count). The fourth-order valence-electron chi connectivity index (χ4n) is 3.88. The van der Waals surface area contributed by atoms with Crippen LogP contribution in [0.5, 0.6) is 0 Å².